The minimum atomic E-state index is -0.421. The highest BCUT2D eigenvalue weighted by Gasteiger charge is 2.23. The van der Waals surface area contributed by atoms with Crippen LogP contribution >= 0.6 is 0 Å². The van der Waals surface area contributed by atoms with Gasteiger partial charge >= 0.3 is 12.2 Å². The van der Waals surface area contributed by atoms with Crippen molar-refractivity contribution in [2.45, 2.75) is 81.1 Å². The van der Waals surface area contributed by atoms with Crippen molar-refractivity contribution in [3.8, 4) is 44.9 Å². The fourth-order valence-electron chi connectivity index (χ4n) is 10.5. The zero-order valence-electron chi connectivity index (χ0n) is 46.1. The number of likely N-dealkylation sites (N-methyl/N-ethyl adjacent to an activating group) is 2. The molecule has 0 spiro atoms. The lowest BCUT2D eigenvalue weighted by atomic mass is 9.91. The highest BCUT2D eigenvalue weighted by molar-refractivity contribution is 6.04. The Morgan fingerprint density at radius 2 is 0.895 bits per heavy atom. The number of hydrogen-bond donors (Lipinski definition) is 2. The highest BCUT2D eigenvalue weighted by atomic mass is 16.6. The Labute approximate surface area is 449 Å². The predicted octanol–water partition coefficient (Wildman–Crippen LogP) is 12.3. The molecule has 4 aromatic carbocycles. The molecular weight excluding hydrogens is 949 g/mol. The number of aryl methyl sites for hydroxylation is 2. The van der Waals surface area contributed by atoms with Gasteiger partial charge in [0.05, 0.1) is 25.2 Å². The molecule has 0 unspecified atom stereocenters. The number of hydrogen-bond acceptors (Lipinski definition) is 8. The van der Waals surface area contributed by atoms with Crippen molar-refractivity contribution in [3.63, 3.8) is 0 Å². The van der Waals surface area contributed by atoms with Crippen LogP contribution in [0, 0.1) is 13.8 Å². The van der Waals surface area contributed by atoms with E-state index in [1.165, 1.54) is 33.4 Å². The van der Waals surface area contributed by atoms with E-state index in [0.29, 0.717) is 26.2 Å². The van der Waals surface area contributed by atoms with Gasteiger partial charge in [-0.15, -0.1) is 0 Å². The number of anilines is 2. The highest BCUT2D eigenvalue weighted by Crippen LogP contribution is 2.43. The Hall–Kier alpha value is -7.60. The maximum atomic E-state index is 12.7. The largest absolute Gasteiger partial charge is 0.456 e. The summed E-state index contributed by atoms with van der Waals surface area (Å²) in [5, 5.41) is 10.2. The number of alkyl carbamates (subject to hydrolysis) is 2. The first-order chi connectivity index (χ1) is 37.1. The second kappa shape index (κ2) is 26.2. The first-order valence-electron chi connectivity index (χ1n) is 27.7. The van der Waals surface area contributed by atoms with Crippen LogP contribution < -0.4 is 40.3 Å². The number of fused-ring (bicyclic) bond motifs is 4. The molecule has 0 saturated carbocycles. The molecule has 76 heavy (non-hydrogen) atoms. The van der Waals surface area contributed by atoms with E-state index in [-0.39, 0.29) is 13.2 Å². The molecule has 0 saturated heterocycles. The molecule has 0 fully saturated rings. The van der Waals surface area contributed by atoms with Gasteiger partial charge in [0.1, 0.15) is 62.1 Å². The molecule has 0 bridgehead atoms. The van der Waals surface area contributed by atoms with Crippen molar-refractivity contribution >= 4 is 45.5 Å². The number of unbranched alkanes of at least 4 members (excludes halogenated alkanes) is 3. The average Bonchev–Trinajstić information content (AvgIpc) is 3.46. The van der Waals surface area contributed by atoms with Crippen LogP contribution in [0.1, 0.15) is 78.4 Å². The van der Waals surface area contributed by atoms with Crippen LogP contribution in [0.25, 0.3) is 66.8 Å². The summed E-state index contributed by atoms with van der Waals surface area (Å²) in [7, 11) is 0. The molecule has 2 N–H and O–H groups in total. The molecule has 0 atom stereocenters. The smallest absolute Gasteiger partial charge is 0.407 e. The number of carbonyl (C=O) groups excluding carboxylic acids is 2. The molecule has 0 aromatic heterocycles. The van der Waals surface area contributed by atoms with E-state index < -0.39 is 12.2 Å². The number of benzene rings is 6. The maximum absolute atomic E-state index is 12.7. The lowest BCUT2D eigenvalue weighted by molar-refractivity contribution is 0.147. The third-order valence-electron chi connectivity index (χ3n) is 14.8. The van der Waals surface area contributed by atoms with Gasteiger partial charge in [0.15, 0.2) is 0 Å². The summed E-state index contributed by atoms with van der Waals surface area (Å²) in [6.45, 7) is 25.0. The van der Waals surface area contributed by atoms with E-state index in [9.17, 15) is 9.59 Å². The van der Waals surface area contributed by atoms with E-state index in [4.69, 9.17) is 18.3 Å². The lowest BCUT2D eigenvalue weighted by Gasteiger charge is -2.24. The van der Waals surface area contributed by atoms with Gasteiger partial charge in [-0.25, -0.2) is 18.7 Å². The summed E-state index contributed by atoms with van der Waals surface area (Å²) in [4.78, 5) is 29.8. The van der Waals surface area contributed by atoms with Gasteiger partial charge in [0.25, 0.3) is 0 Å². The number of amides is 2. The molecule has 12 heteroatoms. The molecule has 12 nitrogen and oxygen atoms in total. The Balaban J connectivity index is 0.768. The third kappa shape index (κ3) is 12.7. The van der Waals surface area contributed by atoms with Crippen LogP contribution in [0.15, 0.2) is 130 Å². The second-order valence-corrected chi connectivity index (χ2v) is 19.3. The van der Waals surface area contributed by atoms with Gasteiger partial charge in [-0.05, 0) is 127 Å². The summed E-state index contributed by atoms with van der Waals surface area (Å²) in [5.74, 6) is 1.70. The SMILES string of the molecule is CCN(CCOC(=O)NCCCCCCNC(=O)OCCN(CC)c1ccc2c(-c3ccccc3C)c3ccc(=[N+](CC)CC)cc-3oc2c1)c1ccc2c(-c3ccccc3C)c3ccc(=[N+](CC)CC)cc-3oc2c1. The molecule has 398 valence electrons. The van der Waals surface area contributed by atoms with Gasteiger partial charge < -0.3 is 38.7 Å². The fraction of sp³-hybridized carbons (Fsp3) is 0.375. The monoisotopic (exact) mass is 1030 g/mol. The van der Waals surface area contributed by atoms with Crippen molar-refractivity contribution in [1.29, 1.82) is 0 Å². The maximum Gasteiger partial charge on any atom is 0.407 e. The molecule has 2 heterocycles. The topological polar surface area (TPSA) is 115 Å². The number of carbonyl (C=O) groups is 2. The van der Waals surface area contributed by atoms with E-state index in [0.717, 1.165) is 132 Å². The Kier molecular flexibility index (Phi) is 18.9. The minimum absolute atomic E-state index is 0.248. The van der Waals surface area contributed by atoms with Gasteiger partial charge in [-0.3, -0.25) is 0 Å². The van der Waals surface area contributed by atoms with Gasteiger partial charge in [0.2, 0.25) is 10.7 Å². The summed E-state index contributed by atoms with van der Waals surface area (Å²) >= 11 is 0. The van der Waals surface area contributed by atoms with Gasteiger partial charge in [0, 0.05) is 94.8 Å². The summed E-state index contributed by atoms with van der Waals surface area (Å²) in [6, 6.07) is 42.9. The van der Waals surface area contributed by atoms with Crippen molar-refractivity contribution < 1.29 is 27.9 Å². The molecule has 4 aliphatic rings. The van der Waals surface area contributed by atoms with Crippen molar-refractivity contribution in [2.75, 3.05) is 88.5 Å². The first kappa shape index (κ1) is 54.7. The Morgan fingerprint density at radius 1 is 0.487 bits per heavy atom. The predicted molar refractivity (Wildman–Crippen MR) is 312 cm³/mol. The van der Waals surface area contributed by atoms with Crippen molar-refractivity contribution in [2.24, 2.45) is 0 Å². The van der Waals surface area contributed by atoms with E-state index >= 15 is 0 Å². The van der Waals surface area contributed by atoms with Crippen LogP contribution in [-0.2, 0) is 9.47 Å². The average molecular weight is 1030 g/mol. The lowest BCUT2D eigenvalue weighted by Crippen LogP contribution is -2.31. The van der Waals surface area contributed by atoms with Crippen molar-refractivity contribution in [3.05, 3.63) is 143 Å². The Bertz CT molecular complexity index is 3120. The summed E-state index contributed by atoms with van der Waals surface area (Å²) in [6.07, 6.45) is 2.60. The first-order valence-corrected chi connectivity index (χ1v) is 27.7. The minimum Gasteiger partial charge on any atom is -0.456 e. The summed E-state index contributed by atoms with van der Waals surface area (Å²) < 4.78 is 29.3. The van der Waals surface area contributed by atoms with Crippen molar-refractivity contribution in [1.82, 2.24) is 19.8 Å². The van der Waals surface area contributed by atoms with E-state index in [1.54, 1.807) is 0 Å². The third-order valence-corrected chi connectivity index (χ3v) is 14.8. The fourth-order valence-corrected chi connectivity index (χ4v) is 10.5. The van der Waals surface area contributed by atoms with E-state index in [1.807, 2.05) is 0 Å². The van der Waals surface area contributed by atoms with Crippen LogP contribution in [0.3, 0.4) is 0 Å². The number of nitrogens with one attached hydrogen (secondary N) is 2. The molecule has 8 rings (SSSR count). The molecule has 4 aromatic rings. The van der Waals surface area contributed by atoms with Gasteiger partial charge in [-0.1, -0.05) is 61.4 Å². The van der Waals surface area contributed by atoms with Crippen LogP contribution in [-0.4, -0.2) is 90.8 Å². The van der Waals surface area contributed by atoms with Crippen LogP contribution in [0.5, 0.6) is 0 Å². The zero-order chi connectivity index (χ0) is 53.6. The quantitative estimate of drug-likeness (QED) is 0.0370. The molecule has 2 aliphatic carbocycles. The molecule has 0 radical (unpaired) electrons. The Morgan fingerprint density at radius 3 is 1.28 bits per heavy atom. The normalized spacial score (nSPS) is 11.3. The van der Waals surface area contributed by atoms with Crippen LogP contribution in [0.4, 0.5) is 21.0 Å². The standard InChI is InChI=1S/C64H76N6O6/c1-9-67(10-2)47-27-31-53-57(41-47)75-59-43-49(29-33-55(59)61(53)51-25-19-17-23-45(51)7)69(13-5)37-39-73-63(71)65-35-21-15-16-22-36-66-64(72)74-40-38-70(14-6)50-30-34-56-60(44-50)76-58-42-48(68(11-3)12-4)28-32-54(58)62(56)52-26-20-18-24-46(52)8/h17-20,23-34,41-44H,9-16,21-22,35-40H2,1-8H3/p+2. The summed E-state index contributed by atoms with van der Waals surface area (Å²) in [5.41, 5.74) is 12.9. The molecular formula is C64H78N6O6+2. The molecule has 2 amide bonds. The number of rotatable bonds is 23. The molecule has 2 aliphatic heterocycles. The van der Waals surface area contributed by atoms with Crippen LogP contribution in [0.2, 0.25) is 0 Å². The number of nitrogens with zero attached hydrogens (tertiary/aromatic N) is 4. The zero-order valence-corrected chi connectivity index (χ0v) is 46.1. The van der Waals surface area contributed by atoms with E-state index in [2.05, 4.69) is 206 Å². The van der Waals surface area contributed by atoms with Gasteiger partial charge in [-0.2, -0.15) is 0 Å². The number of ether oxygens (including phenoxy) is 2. The second-order valence-electron chi connectivity index (χ2n) is 19.3.